The van der Waals surface area contributed by atoms with Crippen molar-refractivity contribution in [1.82, 2.24) is 19.5 Å². The lowest BCUT2D eigenvalue weighted by Crippen LogP contribution is -2.19. The van der Waals surface area contributed by atoms with Crippen LogP contribution in [0.1, 0.15) is 0 Å². The lowest BCUT2D eigenvalue weighted by Gasteiger charge is -2.09. The third-order valence-electron chi connectivity index (χ3n) is 3.85. The monoisotopic (exact) mass is 407 g/mol. The molecule has 1 amide bonds. The Kier molecular flexibility index (Phi) is 4.45. The van der Waals surface area contributed by atoms with E-state index in [9.17, 15) is 4.79 Å². The van der Waals surface area contributed by atoms with Gasteiger partial charge in [0.15, 0.2) is 5.65 Å². The Labute approximate surface area is 158 Å². The van der Waals surface area contributed by atoms with Gasteiger partial charge in [0.25, 0.3) is 0 Å². The zero-order chi connectivity index (χ0) is 17.9. The molecule has 1 aromatic carbocycles. The average molecular weight is 408 g/mol. The predicted octanol–water partition coefficient (Wildman–Crippen LogP) is 3.89. The number of anilines is 1. The normalized spacial score (nSPS) is 10.8. The van der Waals surface area contributed by atoms with Crippen LogP contribution < -0.4 is 5.32 Å². The number of rotatable bonds is 4. The van der Waals surface area contributed by atoms with Crippen molar-refractivity contribution >= 4 is 38.7 Å². The molecule has 7 heteroatoms. The number of pyridine rings is 2. The van der Waals surface area contributed by atoms with Crippen molar-refractivity contribution in [3.63, 3.8) is 0 Å². The van der Waals surface area contributed by atoms with Crippen molar-refractivity contribution in [1.29, 1.82) is 0 Å². The molecule has 4 aromatic rings. The predicted molar refractivity (Wildman–Crippen MR) is 104 cm³/mol. The smallest absolute Gasteiger partial charge is 0.244 e. The molecular weight excluding hydrogens is 394 g/mol. The lowest BCUT2D eigenvalue weighted by atomic mass is 10.2. The number of carbonyl (C=O) groups is 1. The summed E-state index contributed by atoms with van der Waals surface area (Å²) in [6.45, 7) is 0.105. The van der Waals surface area contributed by atoms with E-state index in [0.717, 1.165) is 15.6 Å². The number of nitrogens with one attached hydrogen (secondary N) is 1. The summed E-state index contributed by atoms with van der Waals surface area (Å²) in [6.07, 6.45) is 4.97. The van der Waals surface area contributed by atoms with E-state index in [2.05, 4.69) is 36.2 Å². The molecule has 6 nitrogen and oxygen atoms in total. The van der Waals surface area contributed by atoms with Gasteiger partial charge in [0.1, 0.15) is 17.9 Å². The van der Waals surface area contributed by atoms with Crippen molar-refractivity contribution in [3.8, 4) is 11.4 Å². The van der Waals surface area contributed by atoms with Crippen LogP contribution in [0.3, 0.4) is 0 Å². The number of hydrogen-bond acceptors (Lipinski definition) is 4. The third-order valence-corrected chi connectivity index (χ3v) is 4.38. The fraction of sp³-hybridized carbons (Fsp3) is 0.0526. The topological polar surface area (TPSA) is 72.7 Å². The molecule has 3 heterocycles. The van der Waals surface area contributed by atoms with E-state index in [4.69, 9.17) is 0 Å². The Bertz CT molecular complexity index is 1060. The number of fused-ring (bicyclic) bond motifs is 1. The lowest BCUT2D eigenvalue weighted by molar-refractivity contribution is -0.116. The molecule has 0 aliphatic rings. The summed E-state index contributed by atoms with van der Waals surface area (Å²) in [6, 6.07) is 15.1. The Morgan fingerprint density at radius 3 is 2.65 bits per heavy atom. The molecule has 26 heavy (non-hydrogen) atoms. The van der Waals surface area contributed by atoms with Crippen LogP contribution in [0.25, 0.3) is 22.6 Å². The molecule has 0 bridgehead atoms. The molecule has 4 rings (SSSR count). The number of carbonyl (C=O) groups excluding carboxylic acids is 1. The van der Waals surface area contributed by atoms with Crippen LogP contribution in [0.5, 0.6) is 0 Å². The minimum absolute atomic E-state index is 0.105. The third kappa shape index (κ3) is 3.34. The van der Waals surface area contributed by atoms with Crippen molar-refractivity contribution in [2.75, 3.05) is 5.32 Å². The van der Waals surface area contributed by atoms with Gasteiger partial charge >= 0.3 is 0 Å². The molecule has 128 valence electrons. The van der Waals surface area contributed by atoms with Crippen LogP contribution in [0.2, 0.25) is 0 Å². The summed E-state index contributed by atoms with van der Waals surface area (Å²) >= 11 is 3.44. The van der Waals surface area contributed by atoms with E-state index < -0.39 is 0 Å². The van der Waals surface area contributed by atoms with Gasteiger partial charge in [0.2, 0.25) is 5.91 Å². The van der Waals surface area contributed by atoms with Gasteiger partial charge in [0.05, 0.1) is 11.9 Å². The number of nitrogens with zero attached hydrogens (tertiary/aromatic N) is 4. The van der Waals surface area contributed by atoms with Crippen LogP contribution >= 0.6 is 15.9 Å². The van der Waals surface area contributed by atoms with Crippen LogP contribution in [-0.4, -0.2) is 25.4 Å². The van der Waals surface area contributed by atoms with Crippen LogP contribution in [-0.2, 0) is 11.3 Å². The maximum Gasteiger partial charge on any atom is 0.244 e. The zero-order valence-electron chi connectivity index (χ0n) is 13.6. The zero-order valence-corrected chi connectivity index (χ0v) is 15.2. The summed E-state index contributed by atoms with van der Waals surface area (Å²) in [4.78, 5) is 25.6. The summed E-state index contributed by atoms with van der Waals surface area (Å²) < 4.78 is 2.81. The molecule has 0 atom stereocenters. The summed E-state index contributed by atoms with van der Waals surface area (Å²) in [5.41, 5.74) is 2.99. The SMILES string of the molecule is O=C(Cn1c(-c2ccc(Br)cc2)nc2cccnc21)Nc1cccnc1. The second kappa shape index (κ2) is 7.05. The number of imidazole rings is 1. The molecule has 1 N–H and O–H groups in total. The second-order valence-electron chi connectivity index (χ2n) is 5.66. The summed E-state index contributed by atoms with van der Waals surface area (Å²) in [5.74, 6) is 0.536. The minimum Gasteiger partial charge on any atom is -0.323 e. The van der Waals surface area contributed by atoms with Crippen LogP contribution in [0.4, 0.5) is 5.69 Å². The Morgan fingerprint density at radius 1 is 1.08 bits per heavy atom. The quantitative estimate of drug-likeness (QED) is 0.556. The van der Waals surface area contributed by atoms with Gasteiger partial charge in [-0.15, -0.1) is 0 Å². The fourth-order valence-corrected chi connectivity index (χ4v) is 2.97. The Balaban J connectivity index is 1.72. The highest BCUT2D eigenvalue weighted by Gasteiger charge is 2.16. The molecule has 0 unspecified atom stereocenters. The molecule has 0 saturated carbocycles. The number of hydrogen-bond donors (Lipinski definition) is 1. The maximum absolute atomic E-state index is 12.5. The van der Waals surface area contributed by atoms with Crippen molar-refractivity contribution in [2.45, 2.75) is 6.54 Å². The maximum atomic E-state index is 12.5. The van der Waals surface area contributed by atoms with Gasteiger partial charge in [-0.3, -0.25) is 14.3 Å². The number of amides is 1. The highest BCUT2D eigenvalue weighted by atomic mass is 79.9. The first-order chi connectivity index (χ1) is 12.7. The Hall–Kier alpha value is -3.06. The highest BCUT2D eigenvalue weighted by Crippen LogP contribution is 2.25. The average Bonchev–Trinajstić information content (AvgIpc) is 3.02. The first kappa shape index (κ1) is 16.4. The first-order valence-corrected chi connectivity index (χ1v) is 8.77. The van der Waals surface area contributed by atoms with Crippen LogP contribution in [0.15, 0.2) is 71.6 Å². The Morgan fingerprint density at radius 2 is 1.88 bits per heavy atom. The molecular formula is C19H14BrN5O. The van der Waals surface area contributed by atoms with E-state index >= 15 is 0 Å². The second-order valence-corrected chi connectivity index (χ2v) is 6.58. The molecule has 3 aromatic heterocycles. The van der Waals surface area contributed by atoms with Crippen LogP contribution in [0, 0.1) is 0 Å². The van der Waals surface area contributed by atoms with E-state index in [1.165, 1.54) is 0 Å². The van der Waals surface area contributed by atoms with E-state index in [-0.39, 0.29) is 12.5 Å². The highest BCUT2D eigenvalue weighted by molar-refractivity contribution is 9.10. The molecule has 0 radical (unpaired) electrons. The standard InChI is InChI=1S/C19H14BrN5O/c20-14-7-5-13(6-8-14)18-24-16-4-2-10-22-19(16)25(18)12-17(26)23-15-3-1-9-21-11-15/h1-11H,12H2,(H,23,26). The number of halogens is 1. The van der Waals surface area contributed by atoms with Gasteiger partial charge in [-0.1, -0.05) is 28.1 Å². The molecule has 0 aliphatic carbocycles. The van der Waals surface area contributed by atoms with E-state index in [1.807, 2.05) is 41.0 Å². The molecule has 0 saturated heterocycles. The van der Waals surface area contributed by atoms with Gasteiger partial charge in [0, 0.05) is 22.4 Å². The van der Waals surface area contributed by atoms with Crippen molar-refractivity contribution in [3.05, 3.63) is 71.6 Å². The molecule has 0 aliphatic heterocycles. The largest absolute Gasteiger partial charge is 0.323 e. The number of aromatic nitrogens is 4. The van der Waals surface area contributed by atoms with E-state index in [1.54, 1.807) is 30.7 Å². The van der Waals surface area contributed by atoms with E-state index in [0.29, 0.717) is 17.2 Å². The minimum atomic E-state index is -0.165. The molecule has 0 spiro atoms. The molecule has 0 fully saturated rings. The van der Waals surface area contributed by atoms with Gasteiger partial charge in [-0.05, 0) is 36.4 Å². The summed E-state index contributed by atoms with van der Waals surface area (Å²) in [7, 11) is 0. The van der Waals surface area contributed by atoms with Gasteiger partial charge in [-0.25, -0.2) is 9.97 Å². The summed E-state index contributed by atoms with van der Waals surface area (Å²) in [5, 5.41) is 2.85. The van der Waals surface area contributed by atoms with Gasteiger partial charge in [-0.2, -0.15) is 0 Å². The van der Waals surface area contributed by atoms with Crippen molar-refractivity contribution in [2.24, 2.45) is 0 Å². The van der Waals surface area contributed by atoms with Gasteiger partial charge < -0.3 is 5.32 Å². The number of benzene rings is 1. The first-order valence-electron chi connectivity index (χ1n) is 7.98. The van der Waals surface area contributed by atoms with Crippen molar-refractivity contribution < 1.29 is 4.79 Å². The fourth-order valence-electron chi connectivity index (χ4n) is 2.71.